The fourth-order valence-corrected chi connectivity index (χ4v) is 0.731. The van der Waals surface area contributed by atoms with Crippen LogP contribution >= 0.6 is 31.8 Å². The third-order valence-electron chi connectivity index (χ3n) is 1.02. The average Bonchev–Trinajstić information content (AvgIpc) is 1.90. The molecule has 0 aromatic heterocycles. The van der Waals surface area contributed by atoms with E-state index in [1.54, 1.807) is 0 Å². The van der Waals surface area contributed by atoms with Crippen molar-refractivity contribution < 1.29 is 13.1 Å². The number of halogens is 3. The van der Waals surface area contributed by atoms with Gasteiger partial charge < -0.3 is 0 Å². The molecular formula is C7H11Cl3Cu. The molecule has 0 aliphatic rings. The van der Waals surface area contributed by atoms with E-state index in [9.17, 15) is 0 Å². The first-order valence-corrected chi connectivity index (χ1v) is 5.99. The summed E-state index contributed by atoms with van der Waals surface area (Å²) in [6.45, 7) is 3.93. The predicted octanol–water partition coefficient (Wildman–Crippen LogP) is 3.79. The number of hydrogen-bond acceptors (Lipinski definition) is 0. The van der Waals surface area contributed by atoms with Gasteiger partial charge in [0.1, 0.15) is 4.87 Å². The van der Waals surface area contributed by atoms with Gasteiger partial charge in [0.25, 0.3) is 0 Å². The third-order valence-corrected chi connectivity index (χ3v) is 1.32. The van der Waals surface area contributed by atoms with Crippen LogP contribution in [0.4, 0.5) is 0 Å². The van der Waals surface area contributed by atoms with Gasteiger partial charge in [-0.25, -0.2) is 0 Å². The third kappa shape index (κ3) is 13.9. The van der Waals surface area contributed by atoms with E-state index in [1.807, 2.05) is 6.92 Å². The Bertz CT molecular complexity index is 117. The summed E-state index contributed by atoms with van der Waals surface area (Å²) in [6, 6.07) is 0. The molecule has 0 fully saturated rings. The van der Waals surface area contributed by atoms with Gasteiger partial charge >= 0.3 is 33.3 Å². The molecular weight excluding hydrogens is 254 g/mol. The minimum absolute atomic E-state index is 0.408. The van der Waals surface area contributed by atoms with Crippen LogP contribution in [0.3, 0.4) is 0 Å². The van der Waals surface area contributed by atoms with Crippen molar-refractivity contribution in [3.63, 3.8) is 0 Å². The van der Waals surface area contributed by atoms with Crippen LogP contribution < -0.4 is 0 Å². The Hall–Kier alpha value is 0.949. The minimum atomic E-state index is -0.408. The van der Waals surface area contributed by atoms with Crippen LogP contribution in [0.5, 0.6) is 0 Å². The molecule has 0 amide bonds. The van der Waals surface area contributed by atoms with Crippen molar-refractivity contribution in [1.29, 1.82) is 0 Å². The molecule has 1 unspecified atom stereocenters. The normalized spacial score (nSPS) is 14.2. The Morgan fingerprint density at radius 3 is 2.00 bits per heavy atom. The molecule has 4 heteroatoms. The van der Waals surface area contributed by atoms with Gasteiger partial charge in [-0.3, -0.25) is 0 Å². The molecule has 0 N–H and O–H groups in total. The van der Waals surface area contributed by atoms with E-state index in [0.29, 0.717) is 0 Å². The van der Waals surface area contributed by atoms with Gasteiger partial charge in [-0.2, -0.15) is 0 Å². The molecule has 11 heavy (non-hydrogen) atoms. The molecule has 0 bridgehead atoms. The topological polar surface area (TPSA) is 0 Å². The van der Waals surface area contributed by atoms with E-state index >= 15 is 0 Å². The fourth-order valence-electron chi connectivity index (χ4n) is 0.542. The first-order valence-electron chi connectivity index (χ1n) is 3.02. The maximum absolute atomic E-state index is 5.78. The molecule has 0 aliphatic heterocycles. The Kier molecular flexibility index (Phi) is 11.9. The first-order chi connectivity index (χ1) is 5.04. The van der Waals surface area contributed by atoms with Crippen LogP contribution in [0.25, 0.3) is 0 Å². The van der Waals surface area contributed by atoms with Gasteiger partial charge in [0.05, 0.1) is 0 Å². The van der Waals surface area contributed by atoms with Crippen molar-refractivity contribution in [3.8, 4) is 12.3 Å². The molecule has 0 saturated carbocycles. The predicted molar refractivity (Wildman–Crippen MR) is 49.7 cm³/mol. The zero-order valence-corrected chi connectivity index (χ0v) is 9.64. The fraction of sp³-hybridized carbons (Fsp3) is 0.714. The van der Waals surface area contributed by atoms with Crippen molar-refractivity contribution in [2.45, 2.75) is 31.6 Å². The van der Waals surface area contributed by atoms with Gasteiger partial charge in [-0.15, -0.1) is 18.0 Å². The summed E-state index contributed by atoms with van der Waals surface area (Å²) in [4.78, 5) is -0.408. The molecule has 0 rings (SSSR count). The van der Waals surface area contributed by atoms with Crippen LogP contribution in [0.1, 0.15) is 26.7 Å². The Morgan fingerprint density at radius 1 is 1.55 bits per heavy atom. The summed E-state index contributed by atoms with van der Waals surface area (Å²) in [5.41, 5.74) is 0. The zero-order valence-electron chi connectivity index (χ0n) is 6.43. The zero-order chi connectivity index (χ0) is 9.33. The Morgan fingerprint density at radius 2 is 1.91 bits per heavy atom. The van der Waals surface area contributed by atoms with Crippen molar-refractivity contribution >= 4 is 31.8 Å². The van der Waals surface area contributed by atoms with Gasteiger partial charge in [0, 0.05) is 0 Å². The molecule has 0 heterocycles. The summed E-state index contributed by atoms with van der Waals surface area (Å²) < 4.78 is 0. The van der Waals surface area contributed by atoms with Crippen LogP contribution in [0.2, 0.25) is 0 Å². The second kappa shape index (κ2) is 9.04. The molecule has 1 atom stereocenters. The van der Waals surface area contributed by atoms with Crippen molar-refractivity contribution in [1.82, 2.24) is 0 Å². The van der Waals surface area contributed by atoms with E-state index in [1.165, 1.54) is 0 Å². The number of terminal acetylenes is 1. The second-order valence-electron chi connectivity index (χ2n) is 2.13. The monoisotopic (exact) mass is 263 g/mol. The standard InChI is InChI=1S/C7H11Cl.2ClH.Cu/c1-4-6-7(3,8)5-2;;;/h2H,4,6H2,1,3H3;2*1H;/q;;;+2/p-2. The van der Waals surface area contributed by atoms with Crippen LogP contribution in [-0.2, 0) is 13.1 Å². The Labute approximate surface area is 88.6 Å². The van der Waals surface area contributed by atoms with Gasteiger partial charge in [-0.1, -0.05) is 19.3 Å². The van der Waals surface area contributed by atoms with Crippen LogP contribution in [0, 0.1) is 12.3 Å². The molecule has 0 spiro atoms. The first kappa shape index (κ1) is 14.5. The van der Waals surface area contributed by atoms with Gasteiger partial charge in [-0.05, 0) is 13.3 Å². The molecule has 0 aromatic rings. The maximum atomic E-state index is 5.78. The average molecular weight is 265 g/mol. The van der Waals surface area contributed by atoms with Gasteiger partial charge in [0.15, 0.2) is 0 Å². The van der Waals surface area contributed by atoms with Crippen molar-refractivity contribution in [3.05, 3.63) is 0 Å². The summed E-state index contributed by atoms with van der Waals surface area (Å²) in [6.07, 6.45) is 7.05. The van der Waals surface area contributed by atoms with Crippen LogP contribution in [0.15, 0.2) is 0 Å². The second-order valence-corrected chi connectivity index (χ2v) is 4.52. The van der Waals surface area contributed by atoms with Crippen molar-refractivity contribution in [2.75, 3.05) is 0 Å². The number of alkyl halides is 1. The summed E-state index contributed by atoms with van der Waals surface area (Å²) in [7, 11) is 9.34. The Balaban J connectivity index is 0. The summed E-state index contributed by atoms with van der Waals surface area (Å²) in [5.74, 6) is 2.51. The summed E-state index contributed by atoms with van der Waals surface area (Å²) >= 11 is 6.54. The van der Waals surface area contributed by atoms with Gasteiger partial charge in [0.2, 0.25) is 0 Å². The molecule has 71 valence electrons. The molecule has 0 saturated heterocycles. The van der Waals surface area contributed by atoms with E-state index in [2.05, 4.69) is 33.0 Å². The molecule has 0 nitrogen and oxygen atoms in total. The number of rotatable bonds is 2. The van der Waals surface area contributed by atoms with E-state index in [4.69, 9.17) is 18.0 Å². The van der Waals surface area contributed by atoms with Crippen molar-refractivity contribution in [2.24, 2.45) is 0 Å². The molecule has 0 aromatic carbocycles. The molecule has 0 aliphatic carbocycles. The quantitative estimate of drug-likeness (QED) is 0.405. The number of hydrogen-bond donors (Lipinski definition) is 0. The van der Waals surface area contributed by atoms with E-state index < -0.39 is 4.87 Å². The summed E-state index contributed by atoms with van der Waals surface area (Å²) in [5, 5.41) is 0. The van der Waals surface area contributed by atoms with Crippen LogP contribution in [-0.4, -0.2) is 4.87 Å². The van der Waals surface area contributed by atoms with E-state index in [0.717, 1.165) is 26.0 Å². The molecule has 0 radical (unpaired) electrons. The SMILES string of the molecule is C#CC(C)(Cl)CCC.[Cl][Cu][Cl]. The van der Waals surface area contributed by atoms with E-state index in [-0.39, 0.29) is 0 Å².